The van der Waals surface area contributed by atoms with Crippen LogP contribution in [0.5, 0.6) is 0 Å². The molecule has 6 heteroatoms. The molecule has 1 heterocycles. The largest absolute Gasteiger partial charge is 0.319 e. The number of rotatable bonds is 7. The molecule has 0 spiro atoms. The van der Waals surface area contributed by atoms with Crippen LogP contribution >= 0.6 is 0 Å². The molecular weight excluding hydrogens is 262 g/mol. The summed E-state index contributed by atoms with van der Waals surface area (Å²) in [5.74, 6) is 1.37. The number of piperidine rings is 1. The van der Waals surface area contributed by atoms with Crippen molar-refractivity contribution in [1.82, 2.24) is 14.3 Å². The molecule has 1 aliphatic heterocycles. The third-order valence-electron chi connectivity index (χ3n) is 4.47. The van der Waals surface area contributed by atoms with Crippen LogP contribution in [0.4, 0.5) is 0 Å². The minimum absolute atomic E-state index is 0.601. The second-order valence-electron chi connectivity index (χ2n) is 5.89. The van der Waals surface area contributed by atoms with Gasteiger partial charge < -0.3 is 5.32 Å². The number of nitrogens with one attached hydrogen (secondary N) is 2. The van der Waals surface area contributed by atoms with Crippen LogP contribution in [0.15, 0.2) is 0 Å². The molecule has 1 saturated carbocycles. The van der Waals surface area contributed by atoms with Gasteiger partial charge in [-0.3, -0.25) is 0 Å². The van der Waals surface area contributed by atoms with Gasteiger partial charge in [0, 0.05) is 19.6 Å². The highest BCUT2D eigenvalue weighted by Crippen LogP contribution is 2.28. The van der Waals surface area contributed by atoms with Gasteiger partial charge in [0.15, 0.2) is 0 Å². The molecule has 0 unspecified atom stereocenters. The van der Waals surface area contributed by atoms with Crippen LogP contribution in [0.3, 0.4) is 0 Å². The van der Waals surface area contributed by atoms with E-state index in [0.29, 0.717) is 25.6 Å². The van der Waals surface area contributed by atoms with Crippen molar-refractivity contribution in [2.24, 2.45) is 11.8 Å². The highest BCUT2D eigenvalue weighted by Gasteiger charge is 2.27. The van der Waals surface area contributed by atoms with Crippen LogP contribution in [0.2, 0.25) is 0 Å². The Morgan fingerprint density at radius 3 is 2.32 bits per heavy atom. The Morgan fingerprint density at radius 2 is 1.79 bits per heavy atom. The maximum atomic E-state index is 12.1. The molecule has 0 radical (unpaired) electrons. The first-order chi connectivity index (χ1) is 9.12. The van der Waals surface area contributed by atoms with E-state index < -0.39 is 10.2 Å². The highest BCUT2D eigenvalue weighted by molar-refractivity contribution is 7.87. The minimum Gasteiger partial charge on any atom is -0.319 e. The van der Waals surface area contributed by atoms with Gasteiger partial charge in [-0.05, 0) is 44.7 Å². The SMILES string of the molecule is CNCC1CCN(S(=O)(=O)NCCC2CCC2)CC1. The lowest BCUT2D eigenvalue weighted by atomic mass is 9.83. The molecule has 2 fully saturated rings. The van der Waals surface area contributed by atoms with E-state index in [2.05, 4.69) is 10.0 Å². The van der Waals surface area contributed by atoms with Crippen molar-refractivity contribution in [2.75, 3.05) is 33.2 Å². The molecule has 19 heavy (non-hydrogen) atoms. The molecule has 0 aromatic carbocycles. The summed E-state index contributed by atoms with van der Waals surface area (Å²) in [5.41, 5.74) is 0. The summed E-state index contributed by atoms with van der Waals surface area (Å²) in [6.07, 6.45) is 6.79. The van der Waals surface area contributed by atoms with Gasteiger partial charge >= 0.3 is 0 Å². The second kappa shape index (κ2) is 7.02. The predicted octanol–water partition coefficient (Wildman–Crippen LogP) is 0.942. The van der Waals surface area contributed by atoms with Crippen molar-refractivity contribution in [1.29, 1.82) is 0 Å². The molecule has 1 saturated heterocycles. The van der Waals surface area contributed by atoms with Crippen LogP contribution < -0.4 is 10.0 Å². The van der Waals surface area contributed by atoms with Gasteiger partial charge in [-0.2, -0.15) is 12.7 Å². The fourth-order valence-corrected chi connectivity index (χ4v) is 4.16. The lowest BCUT2D eigenvalue weighted by Gasteiger charge is -2.31. The fraction of sp³-hybridized carbons (Fsp3) is 1.00. The van der Waals surface area contributed by atoms with E-state index in [0.717, 1.165) is 31.7 Å². The van der Waals surface area contributed by atoms with Crippen LogP contribution in [0.25, 0.3) is 0 Å². The van der Waals surface area contributed by atoms with E-state index >= 15 is 0 Å². The van der Waals surface area contributed by atoms with E-state index in [1.165, 1.54) is 19.3 Å². The molecule has 0 amide bonds. The molecule has 1 aliphatic carbocycles. The fourth-order valence-electron chi connectivity index (χ4n) is 2.91. The summed E-state index contributed by atoms with van der Waals surface area (Å²) in [6.45, 7) is 2.91. The maximum absolute atomic E-state index is 12.1. The Labute approximate surface area is 117 Å². The van der Waals surface area contributed by atoms with Gasteiger partial charge in [0.2, 0.25) is 0 Å². The predicted molar refractivity (Wildman–Crippen MR) is 77.1 cm³/mol. The smallest absolute Gasteiger partial charge is 0.279 e. The van der Waals surface area contributed by atoms with Crippen LogP contribution in [-0.4, -0.2) is 45.9 Å². The van der Waals surface area contributed by atoms with Crippen molar-refractivity contribution in [3.05, 3.63) is 0 Å². The molecular formula is C13H27N3O2S. The first kappa shape index (κ1) is 15.2. The topological polar surface area (TPSA) is 61.4 Å². The van der Waals surface area contributed by atoms with Crippen molar-refractivity contribution in [2.45, 2.75) is 38.5 Å². The molecule has 2 aliphatic rings. The quantitative estimate of drug-likeness (QED) is 0.733. The molecule has 0 atom stereocenters. The zero-order chi connectivity index (χ0) is 13.7. The zero-order valence-corrected chi connectivity index (χ0v) is 12.7. The van der Waals surface area contributed by atoms with Crippen molar-refractivity contribution in [3.63, 3.8) is 0 Å². The number of hydrogen-bond donors (Lipinski definition) is 2. The summed E-state index contributed by atoms with van der Waals surface area (Å²) in [5, 5.41) is 3.17. The van der Waals surface area contributed by atoms with Crippen LogP contribution in [0, 0.1) is 11.8 Å². The van der Waals surface area contributed by atoms with Gasteiger partial charge in [0.25, 0.3) is 10.2 Å². The summed E-state index contributed by atoms with van der Waals surface area (Å²) < 4.78 is 28.6. The standard InChI is InChI=1S/C13H27N3O2S/c1-14-11-13-6-9-16(10-7-13)19(17,18)15-8-5-12-3-2-4-12/h12-15H,2-11H2,1H3. The maximum Gasteiger partial charge on any atom is 0.279 e. The Bertz CT molecular complexity index is 360. The summed E-state index contributed by atoms with van der Waals surface area (Å²) in [6, 6.07) is 0. The molecule has 112 valence electrons. The summed E-state index contributed by atoms with van der Waals surface area (Å²) in [4.78, 5) is 0. The van der Waals surface area contributed by atoms with E-state index in [-0.39, 0.29) is 0 Å². The van der Waals surface area contributed by atoms with E-state index in [1.807, 2.05) is 7.05 Å². The molecule has 0 aromatic rings. The Kier molecular flexibility index (Phi) is 5.62. The van der Waals surface area contributed by atoms with E-state index in [1.54, 1.807) is 4.31 Å². The normalized spacial score (nSPS) is 23.4. The van der Waals surface area contributed by atoms with Gasteiger partial charge in [-0.15, -0.1) is 0 Å². The number of hydrogen-bond acceptors (Lipinski definition) is 3. The Hall–Kier alpha value is -0.170. The average molecular weight is 289 g/mol. The number of nitrogens with zero attached hydrogens (tertiary/aromatic N) is 1. The van der Waals surface area contributed by atoms with Gasteiger partial charge in [-0.1, -0.05) is 19.3 Å². The minimum atomic E-state index is -3.24. The molecule has 2 N–H and O–H groups in total. The lowest BCUT2D eigenvalue weighted by molar-refractivity contribution is 0.265. The molecule has 5 nitrogen and oxygen atoms in total. The lowest BCUT2D eigenvalue weighted by Crippen LogP contribution is -2.46. The summed E-state index contributed by atoms with van der Waals surface area (Å²) in [7, 11) is -1.29. The highest BCUT2D eigenvalue weighted by atomic mass is 32.2. The third-order valence-corrected chi connectivity index (χ3v) is 6.08. The third kappa shape index (κ3) is 4.41. The zero-order valence-electron chi connectivity index (χ0n) is 11.9. The first-order valence-electron chi connectivity index (χ1n) is 7.51. The summed E-state index contributed by atoms with van der Waals surface area (Å²) >= 11 is 0. The first-order valence-corrected chi connectivity index (χ1v) is 8.95. The second-order valence-corrected chi connectivity index (χ2v) is 7.64. The van der Waals surface area contributed by atoms with Crippen molar-refractivity contribution >= 4 is 10.2 Å². The molecule has 2 rings (SSSR count). The van der Waals surface area contributed by atoms with Crippen molar-refractivity contribution < 1.29 is 8.42 Å². The van der Waals surface area contributed by atoms with Crippen molar-refractivity contribution in [3.8, 4) is 0 Å². The van der Waals surface area contributed by atoms with Gasteiger partial charge in [0.05, 0.1) is 0 Å². The average Bonchev–Trinajstić information content (AvgIpc) is 2.33. The Morgan fingerprint density at radius 1 is 1.11 bits per heavy atom. The van der Waals surface area contributed by atoms with E-state index in [9.17, 15) is 8.42 Å². The van der Waals surface area contributed by atoms with Crippen LogP contribution in [0.1, 0.15) is 38.5 Å². The van der Waals surface area contributed by atoms with E-state index in [4.69, 9.17) is 0 Å². The molecule has 0 aromatic heterocycles. The Balaban J connectivity index is 1.70. The van der Waals surface area contributed by atoms with Gasteiger partial charge in [-0.25, -0.2) is 4.72 Å². The van der Waals surface area contributed by atoms with Gasteiger partial charge in [0.1, 0.15) is 0 Å². The molecule has 0 bridgehead atoms. The van der Waals surface area contributed by atoms with Crippen LogP contribution in [-0.2, 0) is 10.2 Å². The monoisotopic (exact) mass is 289 g/mol.